The SMILES string of the molecule is CCNC(=S)[C@@]1(c2cccnc2)CCCC[C@@H]1C(C)NS(=O)(=O)C(C)C. The maximum absolute atomic E-state index is 12.5. The Morgan fingerprint density at radius 1 is 1.38 bits per heavy atom. The Morgan fingerprint density at radius 3 is 2.69 bits per heavy atom. The van der Waals surface area contributed by atoms with Gasteiger partial charge in [-0.15, -0.1) is 0 Å². The summed E-state index contributed by atoms with van der Waals surface area (Å²) in [6.45, 7) is 8.16. The highest BCUT2D eigenvalue weighted by Crippen LogP contribution is 2.46. The van der Waals surface area contributed by atoms with Gasteiger partial charge in [-0.2, -0.15) is 0 Å². The maximum atomic E-state index is 12.5. The lowest BCUT2D eigenvalue weighted by molar-refractivity contribution is 0.212. The molecule has 3 atom stereocenters. The molecule has 1 fully saturated rings. The van der Waals surface area contributed by atoms with Gasteiger partial charge in [0.1, 0.15) is 0 Å². The third kappa shape index (κ3) is 4.26. The van der Waals surface area contributed by atoms with Crippen molar-refractivity contribution in [2.24, 2.45) is 5.92 Å². The minimum atomic E-state index is -3.35. The number of sulfonamides is 1. The summed E-state index contributed by atoms with van der Waals surface area (Å²) in [5.74, 6) is 0.0838. The molecule has 1 heterocycles. The zero-order chi connectivity index (χ0) is 19.4. The fourth-order valence-corrected chi connectivity index (χ4v) is 5.54. The Bertz CT molecular complexity index is 707. The van der Waals surface area contributed by atoms with Crippen molar-refractivity contribution in [1.82, 2.24) is 15.0 Å². The lowest BCUT2D eigenvalue weighted by Gasteiger charge is -2.47. The zero-order valence-corrected chi connectivity index (χ0v) is 17.8. The van der Waals surface area contributed by atoms with Gasteiger partial charge in [0, 0.05) is 25.0 Å². The molecule has 7 heteroatoms. The van der Waals surface area contributed by atoms with E-state index in [1.165, 1.54) is 0 Å². The van der Waals surface area contributed by atoms with E-state index < -0.39 is 20.7 Å². The Hall–Kier alpha value is -1.05. The minimum Gasteiger partial charge on any atom is -0.379 e. The summed E-state index contributed by atoms with van der Waals surface area (Å²) in [6.07, 6.45) is 7.63. The van der Waals surface area contributed by atoms with Gasteiger partial charge in [0.2, 0.25) is 10.0 Å². The Labute approximate surface area is 163 Å². The first-order chi connectivity index (χ1) is 12.3. The first-order valence-corrected chi connectivity index (χ1v) is 11.4. The summed E-state index contributed by atoms with van der Waals surface area (Å²) in [6, 6.07) is 3.79. The largest absolute Gasteiger partial charge is 0.379 e. The van der Waals surface area contributed by atoms with Crippen LogP contribution in [0.2, 0.25) is 0 Å². The molecule has 146 valence electrons. The summed E-state index contributed by atoms with van der Waals surface area (Å²) in [4.78, 5) is 5.12. The topological polar surface area (TPSA) is 71.1 Å². The number of likely N-dealkylation sites (N-methyl/N-ethyl adjacent to an activating group) is 1. The summed E-state index contributed by atoms with van der Waals surface area (Å²) in [5, 5.41) is 2.90. The number of rotatable bonds is 7. The van der Waals surface area contributed by atoms with Crippen LogP contribution in [0.1, 0.15) is 58.9 Å². The lowest BCUT2D eigenvalue weighted by Crippen LogP contribution is -2.56. The molecule has 2 rings (SSSR count). The van der Waals surface area contributed by atoms with Crippen molar-refractivity contribution in [3.8, 4) is 0 Å². The van der Waals surface area contributed by atoms with Gasteiger partial charge >= 0.3 is 0 Å². The standard InChI is InChI=1S/C19H31N3O2S2/c1-5-21-18(25)19(16-9-8-12-20-13-16)11-7-6-10-17(19)15(4)22-26(23,24)14(2)3/h8-9,12-15,17,22H,5-7,10-11H2,1-4H3,(H,21,25)/t15?,17-,19-/m1/s1. The monoisotopic (exact) mass is 397 g/mol. The second-order valence-corrected chi connectivity index (χ2v) is 10.1. The molecule has 0 bridgehead atoms. The van der Waals surface area contributed by atoms with Gasteiger partial charge in [-0.3, -0.25) is 4.98 Å². The fourth-order valence-electron chi connectivity index (χ4n) is 4.07. The van der Waals surface area contributed by atoms with Gasteiger partial charge in [0.15, 0.2) is 0 Å². The van der Waals surface area contributed by atoms with Crippen molar-refractivity contribution in [2.75, 3.05) is 6.54 Å². The quantitative estimate of drug-likeness (QED) is 0.692. The van der Waals surface area contributed by atoms with Crippen molar-refractivity contribution in [3.63, 3.8) is 0 Å². The fraction of sp³-hybridized carbons (Fsp3) is 0.684. The van der Waals surface area contributed by atoms with Gasteiger partial charge in [-0.1, -0.05) is 31.1 Å². The van der Waals surface area contributed by atoms with Gasteiger partial charge in [-0.05, 0) is 58.1 Å². The number of hydrogen-bond acceptors (Lipinski definition) is 4. The van der Waals surface area contributed by atoms with E-state index in [0.29, 0.717) is 0 Å². The molecule has 0 amide bonds. The number of thiocarbonyl (C=S) groups is 1. The average molecular weight is 398 g/mol. The molecular formula is C19H31N3O2S2. The van der Waals surface area contributed by atoms with Crippen LogP contribution in [0.4, 0.5) is 0 Å². The van der Waals surface area contributed by atoms with E-state index >= 15 is 0 Å². The van der Waals surface area contributed by atoms with E-state index in [-0.39, 0.29) is 12.0 Å². The summed E-state index contributed by atoms with van der Waals surface area (Å²) in [7, 11) is -3.35. The predicted octanol–water partition coefficient (Wildman–Crippen LogP) is 3.16. The molecule has 1 aromatic heterocycles. The van der Waals surface area contributed by atoms with E-state index in [1.54, 1.807) is 20.0 Å². The molecule has 0 radical (unpaired) electrons. The van der Waals surface area contributed by atoms with Crippen LogP contribution in [-0.4, -0.2) is 36.2 Å². The lowest BCUT2D eigenvalue weighted by atomic mass is 9.60. The molecule has 1 aliphatic rings. The van der Waals surface area contributed by atoms with Gasteiger partial charge in [-0.25, -0.2) is 13.1 Å². The van der Waals surface area contributed by atoms with Crippen LogP contribution in [-0.2, 0) is 15.4 Å². The van der Waals surface area contributed by atoms with Crippen LogP contribution in [0.25, 0.3) is 0 Å². The van der Waals surface area contributed by atoms with Crippen LogP contribution in [0.5, 0.6) is 0 Å². The highest BCUT2D eigenvalue weighted by Gasteiger charge is 2.48. The van der Waals surface area contributed by atoms with Gasteiger partial charge in [0.05, 0.1) is 15.7 Å². The molecule has 1 unspecified atom stereocenters. The summed E-state index contributed by atoms with van der Waals surface area (Å²) < 4.78 is 27.8. The number of nitrogens with zero attached hydrogens (tertiary/aromatic N) is 1. The molecule has 5 nitrogen and oxygen atoms in total. The van der Waals surface area contributed by atoms with E-state index in [9.17, 15) is 8.42 Å². The molecule has 0 saturated heterocycles. The Morgan fingerprint density at radius 2 is 2.12 bits per heavy atom. The Kier molecular flexibility index (Phi) is 7.16. The number of nitrogens with one attached hydrogen (secondary N) is 2. The first kappa shape index (κ1) is 21.3. The van der Waals surface area contributed by atoms with Crippen LogP contribution in [0, 0.1) is 5.92 Å². The second kappa shape index (κ2) is 8.76. The second-order valence-electron chi connectivity index (χ2n) is 7.43. The van der Waals surface area contributed by atoms with Crippen LogP contribution >= 0.6 is 12.2 Å². The zero-order valence-electron chi connectivity index (χ0n) is 16.2. The normalized spacial score (nSPS) is 25.0. The molecule has 1 saturated carbocycles. The molecule has 1 aliphatic carbocycles. The third-order valence-electron chi connectivity index (χ3n) is 5.46. The van der Waals surface area contributed by atoms with E-state index in [4.69, 9.17) is 12.2 Å². The van der Waals surface area contributed by atoms with Crippen LogP contribution < -0.4 is 10.0 Å². The highest BCUT2D eigenvalue weighted by molar-refractivity contribution is 7.90. The first-order valence-electron chi connectivity index (χ1n) is 9.45. The number of hydrogen-bond donors (Lipinski definition) is 2. The molecule has 1 aromatic rings. The van der Waals surface area contributed by atoms with E-state index in [1.807, 2.05) is 26.1 Å². The molecular weight excluding hydrogens is 366 g/mol. The average Bonchev–Trinajstić information content (AvgIpc) is 2.62. The van der Waals surface area contributed by atoms with Crippen molar-refractivity contribution in [2.45, 2.75) is 70.1 Å². The molecule has 2 N–H and O–H groups in total. The summed E-state index contributed by atoms with van der Waals surface area (Å²) >= 11 is 5.84. The van der Waals surface area contributed by atoms with Crippen molar-refractivity contribution in [1.29, 1.82) is 0 Å². The van der Waals surface area contributed by atoms with E-state index in [2.05, 4.69) is 21.1 Å². The maximum Gasteiger partial charge on any atom is 0.214 e. The smallest absolute Gasteiger partial charge is 0.214 e. The van der Waals surface area contributed by atoms with Crippen molar-refractivity contribution < 1.29 is 8.42 Å². The molecule has 0 aliphatic heterocycles. The predicted molar refractivity (Wildman–Crippen MR) is 111 cm³/mol. The highest BCUT2D eigenvalue weighted by atomic mass is 32.2. The van der Waals surface area contributed by atoms with Gasteiger partial charge in [0.25, 0.3) is 0 Å². The summed E-state index contributed by atoms with van der Waals surface area (Å²) in [5.41, 5.74) is 0.683. The van der Waals surface area contributed by atoms with Crippen molar-refractivity contribution in [3.05, 3.63) is 30.1 Å². The van der Waals surface area contributed by atoms with Crippen molar-refractivity contribution >= 4 is 27.2 Å². The van der Waals surface area contributed by atoms with Gasteiger partial charge < -0.3 is 5.32 Å². The number of aromatic nitrogens is 1. The van der Waals surface area contributed by atoms with Crippen LogP contribution in [0.15, 0.2) is 24.5 Å². The van der Waals surface area contributed by atoms with Crippen LogP contribution in [0.3, 0.4) is 0 Å². The Balaban J connectivity index is 2.47. The third-order valence-corrected chi connectivity index (χ3v) is 7.91. The molecule has 0 aromatic carbocycles. The van der Waals surface area contributed by atoms with E-state index in [0.717, 1.165) is 42.8 Å². The number of pyridine rings is 1. The molecule has 0 spiro atoms. The minimum absolute atomic E-state index is 0.0838. The molecule has 26 heavy (non-hydrogen) atoms.